The van der Waals surface area contributed by atoms with Crippen LogP contribution in [0, 0.1) is 0 Å². The standard InChI is InChI=1S/C18H24N2O3/c1-14(8-9-15-10-12-17(22-2)13-11-15)20-23-18(21)19-16-6-4-3-5-7-16/h8-13,16H,3-7H2,1-2H3,(H,19,21)/b9-8+,20-14+. The van der Waals surface area contributed by atoms with Crippen molar-refractivity contribution < 1.29 is 14.4 Å². The molecule has 1 aromatic rings. The zero-order chi connectivity index (χ0) is 16.5. The van der Waals surface area contributed by atoms with Crippen molar-refractivity contribution >= 4 is 17.9 Å². The molecule has 23 heavy (non-hydrogen) atoms. The highest BCUT2D eigenvalue weighted by Crippen LogP contribution is 2.17. The van der Waals surface area contributed by atoms with Gasteiger partial charge in [-0.3, -0.25) is 4.84 Å². The second-order valence-electron chi connectivity index (χ2n) is 5.70. The summed E-state index contributed by atoms with van der Waals surface area (Å²) in [6.07, 6.45) is 8.85. The SMILES string of the molecule is COc1ccc(/C=C/C(C)=N/OC(=O)NC2CCCCC2)cc1. The molecule has 1 fully saturated rings. The second-order valence-corrected chi connectivity index (χ2v) is 5.70. The number of benzene rings is 1. The summed E-state index contributed by atoms with van der Waals surface area (Å²) in [6, 6.07) is 7.89. The number of hydrogen-bond acceptors (Lipinski definition) is 4. The smallest absolute Gasteiger partial charge is 0.433 e. The Morgan fingerprint density at radius 2 is 1.91 bits per heavy atom. The van der Waals surface area contributed by atoms with E-state index in [-0.39, 0.29) is 6.04 Å². The molecule has 0 atom stereocenters. The predicted octanol–water partition coefficient (Wildman–Crippen LogP) is 4.14. The molecule has 5 nitrogen and oxygen atoms in total. The number of nitrogens with one attached hydrogen (secondary N) is 1. The first-order valence-electron chi connectivity index (χ1n) is 8.01. The van der Waals surface area contributed by atoms with Crippen molar-refractivity contribution in [1.82, 2.24) is 5.32 Å². The fraction of sp³-hybridized carbons (Fsp3) is 0.444. The number of methoxy groups -OCH3 is 1. The Balaban J connectivity index is 1.79. The van der Waals surface area contributed by atoms with Crippen molar-refractivity contribution in [2.75, 3.05) is 7.11 Å². The van der Waals surface area contributed by atoms with E-state index in [1.165, 1.54) is 6.42 Å². The average molecular weight is 316 g/mol. The van der Waals surface area contributed by atoms with Crippen LogP contribution in [-0.4, -0.2) is 25.0 Å². The first-order chi connectivity index (χ1) is 11.2. The fourth-order valence-electron chi connectivity index (χ4n) is 2.52. The van der Waals surface area contributed by atoms with E-state index in [9.17, 15) is 4.79 Å². The van der Waals surface area contributed by atoms with Gasteiger partial charge in [-0.05, 0) is 43.5 Å². The molecule has 1 N–H and O–H groups in total. The number of rotatable bonds is 5. The lowest BCUT2D eigenvalue weighted by molar-refractivity contribution is 0.143. The number of nitrogens with zero attached hydrogens (tertiary/aromatic N) is 1. The fourth-order valence-corrected chi connectivity index (χ4v) is 2.52. The van der Waals surface area contributed by atoms with Crippen molar-refractivity contribution in [2.24, 2.45) is 5.16 Å². The van der Waals surface area contributed by atoms with Gasteiger partial charge in [-0.2, -0.15) is 0 Å². The summed E-state index contributed by atoms with van der Waals surface area (Å²) in [6.45, 7) is 1.79. The molecule has 1 saturated carbocycles. The second kappa shape index (κ2) is 8.98. The van der Waals surface area contributed by atoms with Gasteiger partial charge in [0, 0.05) is 6.04 Å². The summed E-state index contributed by atoms with van der Waals surface area (Å²) >= 11 is 0. The van der Waals surface area contributed by atoms with E-state index in [0.717, 1.165) is 37.0 Å². The average Bonchev–Trinajstić information content (AvgIpc) is 2.59. The maximum absolute atomic E-state index is 11.7. The van der Waals surface area contributed by atoms with Crippen molar-refractivity contribution in [3.8, 4) is 5.75 Å². The summed E-state index contributed by atoms with van der Waals surface area (Å²) in [4.78, 5) is 16.6. The molecule has 2 rings (SSSR count). The van der Waals surface area contributed by atoms with E-state index in [1.807, 2.05) is 30.3 Å². The third kappa shape index (κ3) is 6.14. The Bertz CT molecular complexity index is 558. The number of amides is 1. The lowest BCUT2D eigenvalue weighted by atomic mass is 9.96. The molecule has 0 radical (unpaired) electrons. The van der Waals surface area contributed by atoms with Crippen LogP contribution in [0.25, 0.3) is 6.08 Å². The van der Waals surface area contributed by atoms with E-state index >= 15 is 0 Å². The third-order valence-corrected chi connectivity index (χ3v) is 3.83. The van der Waals surface area contributed by atoms with Gasteiger partial charge in [-0.15, -0.1) is 0 Å². The van der Waals surface area contributed by atoms with Crippen molar-refractivity contribution in [3.63, 3.8) is 0 Å². The van der Waals surface area contributed by atoms with Gasteiger partial charge >= 0.3 is 6.09 Å². The molecule has 0 aromatic heterocycles. The number of carbonyl (C=O) groups excluding carboxylic acids is 1. The van der Waals surface area contributed by atoms with Gasteiger partial charge in [0.1, 0.15) is 5.75 Å². The van der Waals surface area contributed by atoms with Gasteiger partial charge in [-0.1, -0.05) is 42.6 Å². The lowest BCUT2D eigenvalue weighted by Crippen LogP contribution is -2.35. The van der Waals surface area contributed by atoms with E-state index < -0.39 is 6.09 Å². The molecular weight excluding hydrogens is 292 g/mol. The normalized spacial score (nSPS) is 16.3. The van der Waals surface area contributed by atoms with Crippen LogP contribution in [0.3, 0.4) is 0 Å². The van der Waals surface area contributed by atoms with Gasteiger partial charge < -0.3 is 10.1 Å². The van der Waals surface area contributed by atoms with Crippen LogP contribution >= 0.6 is 0 Å². The third-order valence-electron chi connectivity index (χ3n) is 3.83. The lowest BCUT2D eigenvalue weighted by Gasteiger charge is -2.21. The minimum atomic E-state index is -0.478. The molecule has 124 valence electrons. The molecule has 1 amide bonds. The molecule has 0 saturated heterocycles. The molecule has 1 aliphatic carbocycles. The molecular formula is C18H24N2O3. The van der Waals surface area contributed by atoms with Gasteiger partial charge in [0.2, 0.25) is 0 Å². The van der Waals surface area contributed by atoms with Gasteiger partial charge in [0.15, 0.2) is 0 Å². The molecule has 0 aliphatic heterocycles. The molecule has 0 unspecified atom stereocenters. The van der Waals surface area contributed by atoms with Crippen LogP contribution in [0.5, 0.6) is 5.75 Å². The molecule has 5 heteroatoms. The maximum Gasteiger partial charge on any atom is 0.433 e. The minimum absolute atomic E-state index is 0.224. The summed E-state index contributed by atoms with van der Waals surface area (Å²) < 4.78 is 5.11. The number of ether oxygens (including phenoxy) is 1. The van der Waals surface area contributed by atoms with E-state index in [4.69, 9.17) is 9.57 Å². The van der Waals surface area contributed by atoms with Crippen molar-refractivity contribution in [1.29, 1.82) is 0 Å². The first kappa shape index (κ1) is 17.1. The number of allylic oxidation sites excluding steroid dienone is 1. The maximum atomic E-state index is 11.7. The highest BCUT2D eigenvalue weighted by atomic mass is 16.7. The Hall–Kier alpha value is -2.30. The minimum Gasteiger partial charge on any atom is -0.497 e. The Kier molecular flexibility index (Phi) is 6.66. The van der Waals surface area contributed by atoms with Crippen LogP contribution in [0.1, 0.15) is 44.6 Å². The Morgan fingerprint density at radius 1 is 1.22 bits per heavy atom. The summed E-state index contributed by atoms with van der Waals surface area (Å²) in [5, 5.41) is 6.69. The van der Waals surface area contributed by atoms with Crippen LogP contribution in [0.2, 0.25) is 0 Å². The van der Waals surface area contributed by atoms with E-state index in [2.05, 4.69) is 10.5 Å². The summed E-state index contributed by atoms with van der Waals surface area (Å²) in [5.41, 5.74) is 1.65. The largest absolute Gasteiger partial charge is 0.497 e. The highest BCUT2D eigenvalue weighted by Gasteiger charge is 2.16. The van der Waals surface area contributed by atoms with Crippen molar-refractivity contribution in [3.05, 3.63) is 35.9 Å². The monoisotopic (exact) mass is 316 g/mol. The van der Waals surface area contributed by atoms with Gasteiger partial charge in [-0.25, -0.2) is 4.79 Å². The van der Waals surface area contributed by atoms with Crippen LogP contribution in [-0.2, 0) is 4.84 Å². The van der Waals surface area contributed by atoms with E-state index in [0.29, 0.717) is 5.71 Å². The molecule has 1 aromatic carbocycles. The first-order valence-corrected chi connectivity index (χ1v) is 8.01. The summed E-state index contributed by atoms with van der Waals surface area (Å²) in [5.74, 6) is 0.815. The van der Waals surface area contributed by atoms with Gasteiger partial charge in [0.05, 0.1) is 12.8 Å². The quantitative estimate of drug-likeness (QED) is 0.504. The van der Waals surface area contributed by atoms with E-state index in [1.54, 1.807) is 20.1 Å². The molecule has 0 heterocycles. The topological polar surface area (TPSA) is 59.9 Å². The number of hydrogen-bond donors (Lipinski definition) is 1. The Morgan fingerprint density at radius 3 is 2.57 bits per heavy atom. The van der Waals surface area contributed by atoms with Crippen LogP contribution in [0.15, 0.2) is 35.5 Å². The predicted molar refractivity (Wildman–Crippen MR) is 91.6 cm³/mol. The number of carbonyl (C=O) groups is 1. The van der Waals surface area contributed by atoms with Crippen LogP contribution in [0.4, 0.5) is 4.79 Å². The Labute approximate surface area is 137 Å². The molecule has 1 aliphatic rings. The number of oxime groups is 1. The highest BCUT2D eigenvalue weighted by molar-refractivity contribution is 5.96. The van der Waals surface area contributed by atoms with Gasteiger partial charge in [0.25, 0.3) is 0 Å². The van der Waals surface area contributed by atoms with Crippen LogP contribution < -0.4 is 10.1 Å². The molecule has 0 bridgehead atoms. The van der Waals surface area contributed by atoms with Crippen molar-refractivity contribution in [2.45, 2.75) is 45.1 Å². The summed E-state index contributed by atoms with van der Waals surface area (Å²) in [7, 11) is 1.64. The zero-order valence-electron chi connectivity index (χ0n) is 13.7. The molecule has 0 spiro atoms. The zero-order valence-corrected chi connectivity index (χ0v) is 13.7.